The van der Waals surface area contributed by atoms with Gasteiger partial charge >= 0.3 is 0 Å². The fourth-order valence-electron chi connectivity index (χ4n) is 3.78. The van der Waals surface area contributed by atoms with Gasteiger partial charge in [-0.15, -0.1) is 0 Å². The summed E-state index contributed by atoms with van der Waals surface area (Å²) in [6, 6.07) is 0. The molecule has 0 aliphatic heterocycles. The molecule has 1 heteroatoms. The Balaban J connectivity index is -0.000000121. The van der Waals surface area contributed by atoms with Crippen molar-refractivity contribution in [2.45, 2.75) is 236 Å². The van der Waals surface area contributed by atoms with Crippen LogP contribution in [0, 0.1) is 0 Å². The maximum Gasteiger partial charge on any atom is 0.0431 e. The highest BCUT2D eigenvalue weighted by atomic mass is 16.2. The second-order valence-corrected chi connectivity index (χ2v) is 11.1. The van der Waals surface area contributed by atoms with E-state index in [1.807, 2.05) is 0 Å². The molecule has 0 spiro atoms. The molecule has 0 fully saturated rings. The van der Waals surface area contributed by atoms with Gasteiger partial charge in [0.2, 0.25) is 0 Å². The molecule has 0 heterocycles. The SMILES string of the molecule is CCCCCCC.CCCCCCC.CCCCCCC.CCCCCCC.CCCCCCCCCO. The Hall–Kier alpha value is -0.0400. The summed E-state index contributed by atoms with van der Waals surface area (Å²) in [6.07, 6.45) is 37.0. The van der Waals surface area contributed by atoms with Crippen LogP contribution in [0.5, 0.6) is 0 Å². The Kier molecular flexibility index (Phi) is 76.8. The van der Waals surface area contributed by atoms with E-state index in [0.29, 0.717) is 6.61 Å². The van der Waals surface area contributed by atoms with Crippen molar-refractivity contribution in [3.05, 3.63) is 0 Å². The van der Waals surface area contributed by atoms with E-state index >= 15 is 0 Å². The number of rotatable bonds is 23. The Morgan fingerprint density at radius 1 is 0.211 bits per heavy atom. The predicted octanol–water partition coefficient (Wildman–Crippen LogP) is 14.6. The van der Waals surface area contributed by atoms with Crippen molar-refractivity contribution in [1.82, 2.24) is 0 Å². The molecule has 0 radical (unpaired) electrons. The molecule has 238 valence electrons. The van der Waals surface area contributed by atoms with Gasteiger partial charge < -0.3 is 5.11 Å². The number of hydrogen-bond donors (Lipinski definition) is 1. The molecule has 38 heavy (non-hydrogen) atoms. The molecular formula is C37H84O. The van der Waals surface area contributed by atoms with E-state index in [1.165, 1.54) is 167 Å². The van der Waals surface area contributed by atoms with Crippen molar-refractivity contribution < 1.29 is 5.11 Å². The second kappa shape index (κ2) is 61.1. The van der Waals surface area contributed by atoms with E-state index in [2.05, 4.69) is 62.3 Å². The summed E-state index contributed by atoms with van der Waals surface area (Å²) < 4.78 is 0. The summed E-state index contributed by atoms with van der Waals surface area (Å²) in [5.74, 6) is 0. The van der Waals surface area contributed by atoms with Crippen LogP contribution in [0.15, 0.2) is 0 Å². The highest BCUT2D eigenvalue weighted by Crippen LogP contribution is 2.06. The Labute approximate surface area is 247 Å². The summed E-state index contributed by atoms with van der Waals surface area (Å²) in [5.41, 5.74) is 0. The van der Waals surface area contributed by atoms with Gasteiger partial charge in [0.15, 0.2) is 0 Å². The highest BCUT2D eigenvalue weighted by molar-refractivity contribution is 4.43. The fourth-order valence-corrected chi connectivity index (χ4v) is 3.78. The van der Waals surface area contributed by atoms with Gasteiger partial charge in [0, 0.05) is 6.61 Å². The summed E-state index contributed by atoms with van der Waals surface area (Å²) in [6.45, 7) is 20.6. The van der Waals surface area contributed by atoms with Gasteiger partial charge in [-0.2, -0.15) is 0 Å². The van der Waals surface area contributed by atoms with Crippen molar-refractivity contribution >= 4 is 0 Å². The Bertz CT molecular complexity index is 212. The largest absolute Gasteiger partial charge is 0.396 e. The molecule has 1 N–H and O–H groups in total. The molecular weight excluding hydrogens is 460 g/mol. The maximum absolute atomic E-state index is 8.47. The average molecular weight is 545 g/mol. The van der Waals surface area contributed by atoms with Crippen LogP contribution < -0.4 is 0 Å². The number of aliphatic hydroxyl groups is 1. The number of unbranched alkanes of at least 4 members (excludes halogenated alkanes) is 22. The first-order valence-corrected chi connectivity index (χ1v) is 18.2. The van der Waals surface area contributed by atoms with Crippen LogP contribution in [0.2, 0.25) is 0 Å². The van der Waals surface area contributed by atoms with Crippen molar-refractivity contribution in [3.63, 3.8) is 0 Å². The lowest BCUT2D eigenvalue weighted by atomic mass is 10.1. The van der Waals surface area contributed by atoms with Crippen LogP contribution in [0.4, 0.5) is 0 Å². The second-order valence-electron chi connectivity index (χ2n) is 11.1. The molecule has 0 aromatic rings. The van der Waals surface area contributed by atoms with Gasteiger partial charge in [-0.05, 0) is 6.42 Å². The first-order chi connectivity index (χ1) is 18.6. The first-order valence-electron chi connectivity index (χ1n) is 18.2. The number of aliphatic hydroxyl groups excluding tert-OH is 1. The molecule has 0 unspecified atom stereocenters. The van der Waals surface area contributed by atoms with Gasteiger partial charge in [-0.1, -0.05) is 229 Å². The van der Waals surface area contributed by atoms with Gasteiger partial charge in [-0.3, -0.25) is 0 Å². The fraction of sp³-hybridized carbons (Fsp3) is 1.00. The van der Waals surface area contributed by atoms with E-state index in [-0.39, 0.29) is 0 Å². The molecule has 1 nitrogen and oxygen atoms in total. The topological polar surface area (TPSA) is 20.2 Å². The lowest BCUT2D eigenvalue weighted by Crippen LogP contribution is -1.83. The molecule has 0 saturated carbocycles. The molecule has 0 aromatic carbocycles. The third-order valence-electron chi connectivity index (χ3n) is 6.59. The van der Waals surface area contributed by atoms with Crippen molar-refractivity contribution in [3.8, 4) is 0 Å². The first kappa shape index (κ1) is 47.7. The van der Waals surface area contributed by atoms with E-state index < -0.39 is 0 Å². The molecule has 0 atom stereocenters. The van der Waals surface area contributed by atoms with Crippen molar-refractivity contribution in [2.24, 2.45) is 0 Å². The van der Waals surface area contributed by atoms with Crippen LogP contribution in [-0.2, 0) is 0 Å². The zero-order chi connectivity index (χ0) is 29.8. The van der Waals surface area contributed by atoms with Gasteiger partial charge in [0.25, 0.3) is 0 Å². The molecule has 0 saturated heterocycles. The molecule has 0 aliphatic rings. The van der Waals surface area contributed by atoms with E-state index in [1.54, 1.807) is 0 Å². The highest BCUT2D eigenvalue weighted by Gasteiger charge is 1.88. The molecule has 0 aliphatic carbocycles. The van der Waals surface area contributed by atoms with Gasteiger partial charge in [0.05, 0.1) is 0 Å². The minimum Gasteiger partial charge on any atom is -0.396 e. The Morgan fingerprint density at radius 2 is 0.342 bits per heavy atom. The van der Waals surface area contributed by atoms with E-state index in [9.17, 15) is 0 Å². The van der Waals surface area contributed by atoms with Crippen molar-refractivity contribution in [1.29, 1.82) is 0 Å². The van der Waals surface area contributed by atoms with Crippen molar-refractivity contribution in [2.75, 3.05) is 6.61 Å². The van der Waals surface area contributed by atoms with Gasteiger partial charge in [-0.25, -0.2) is 0 Å². The minimum absolute atomic E-state index is 0.369. The zero-order valence-corrected chi connectivity index (χ0v) is 29.2. The Morgan fingerprint density at radius 3 is 0.500 bits per heavy atom. The van der Waals surface area contributed by atoms with Crippen LogP contribution >= 0.6 is 0 Å². The third kappa shape index (κ3) is 83.4. The molecule has 0 amide bonds. The maximum atomic E-state index is 8.47. The summed E-state index contributed by atoms with van der Waals surface area (Å²) in [4.78, 5) is 0. The van der Waals surface area contributed by atoms with E-state index in [0.717, 1.165) is 6.42 Å². The monoisotopic (exact) mass is 545 g/mol. The van der Waals surface area contributed by atoms with E-state index in [4.69, 9.17) is 5.11 Å². The third-order valence-corrected chi connectivity index (χ3v) is 6.59. The standard InChI is InChI=1S/C9H20O.4C7H16/c1-2-3-4-5-6-7-8-9-10;4*1-3-5-7-6-4-2/h10H,2-9H2,1H3;4*3-7H2,1-2H3. The zero-order valence-electron chi connectivity index (χ0n) is 29.2. The van der Waals surface area contributed by atoms with Crippen LogP contribution in [-0.4, -0.2) is 11.7 Å². The predicted molar refractivity (Wildman–Crippen MR) is 183 cm³/mol. The average Bonchev–Trinajstić information content (AvgIpc) is 2.93. The quantitative estimate of drug-likeness (QED) is 0.127. The summed E-state index contributed by atoms with van der Waals surface area (Å²) >= 11 is 0. The van der Waals surface area contributed by atoms with Gasteiger partial charge in [0.1, 0.15) is 0 Å². The lowest BCUT2D eigenvalue weighted by Gasteiger charge is -1.97. The molecule has 0 bridgehead atoms. The van der Waals surface area contributed by atoms with Crippen LogP contribution in [0.3, 0.4) is 0 Å². The molecule has 0 aromatic heterocycles. The number of hydrogen-bond acceptors (Lipinski definition) is 1. The van der Waals surface area contributed by atoms with Crippen LogP contribution in [0.1, 0.15) is 236 Å². The lowest BCUT2D eigenvalue weighted by molar-refractivity contribution is 0.282. The summed E-state index contributed by atoms with van der Waals surface area (Å²) in [7, 11) is 0. The normalized spacial score (nSPS) is 9.63. The smallest absolute Gasteiger partial charge is 0.0431 e. The minimum atomic E-state index is 0.369. The molecule has 0 rings (SSSR count). The van der Waals surface area contributed by atoms with Crippen LogP contribution in [0.25, 0.3) is 0 Å². The summed E-state index contributed by atoms with van der Waals surface area (Å²) in [5, 5.41) is 8.47.